The van der Waals surface area contributed by atoms with E-state index in [0.29, 0.717) is 11.1 Å². The summed E-state index contributed by atoms with van der Waals surface area (Å²) in [6.45, 7) is 2.98. The number of aliphatic hydroxyl groups excluding tert-OH is 1. The summed E-state index contributed by atoms with van der Waals surface area (Å²) in [6.07, 6.45) is -1.82. The molecule has 1 aromatic carbocycles. The monoisotopic (exact) mass is 235 g/mol. The van der Waals surface area contributed by atoms with Crippen LogP contribution >= 0.6 is 0 Å². The first kappa shape index (κ1) is 11.8. The number of ether oxygens (including phenoxy) is 1. The van der Waals surface area contributed by atoms with E-state index in [4.69, 9.17) is 9.84 Å². The van der Waals surface area contributed by atoms with Crippen molar-refractivity contribution in [3.8, 4) is 0 Å². The van der Waals surface area contributed by atoms with E-state index >= 15 is 0 Å². The van der Waals surface area contributed by atoms with Crippen LogP contribution in [0, 0.1) is 0 Å². The van der Waals surface area contributed by atoms with Crippen LogP contribution in [0.25, 0.3) is 0 Å². The van der Waals surface area contributed by atoms with E-state index in [1.54, 1.807) is 31.2 Å². The molecule has 0 bridgehead atoms. The van der Waals surface area contributed by atoms with Gasteiger partial charge in [-0.25, -0.2) is 4.90 Å². The first-order valence-electron chi connectivity index (χ1n) is 5.33. The maximum absolute atomic E-state index is 12.0. The summed E-state index contributed by atoms with van der Waals surface area (Å²) in [5.41, 5.74) is 0.747. The van der Waals surface area contributed by atoms with Crippen molar-refractivity contribution in [2.45, 2.75) is 26.4 Å². The van der Waals surface area contributed by atoms with Crippen molar-refractivity contribution in [3.05, 3.63) is 35.4 Å². The highest BCUT2D eigenvalue weighted by molar-refractivity contribution is 6.21. The molecule has 2 amide bonds. The van der Waals surface area contributed by atoms with Crippen molar-refractivity contribution in [2.75, 3.05) is 0 Å². The molecule has 1 aliphatic rings. The molecule has 1 heterocycles. The lowest BCUT2D eigenvalue weighted by Gasteiger charge is -2.23. The van der Waals surface area contributed by atoms with E-state index in [1.165, 1.54) is 6.92 Å². The molecule has 5 nitrogen and oxygen atoms in total. The third kappa shape index (κ3) is 1.94. The molecule has 0 aromatic heterocycles. The molecule has 2 atom stereocenters. The second-order valence-electron chi connectivity index (χ2n) is 3.86. The highest BCUT2D eigenvalue weighted by atomic mass is 16.6. The summed E-state index contributed by atoms with van der Waals surface area (Å²) in [6, 6.07) is 6.61. The molecule has 1 aliphatic heterocycles. The summed E-state index contributed by atoms with van der Waals surface area (Å²) in [7, 11) is 0. The van der Waals surface area contributed by atoms with Gasteiger partial charge in [0.05, 0.1) is 11.1 Å². The second kappa shape index (κ2) is 4.27. The van der Waals surface area contributed by atoms with Crippen LogP contribution in [0.3, 0.4) is 0 Å². The highest BCUT2D eigenvalue weighted by Gasteiger charge is 2.38. The van der Waals surface area contributed by atoms with Crippen LogP contribution in [0.4, 0.5) is 0 Å². The fourth-order valence-electron chi connectivity index (χ4n) is 1.88. The zero-order valence-corrected chi connectivity index (χ0v) is 9.58. The number of carbonyl (C=O) groups excluding carboxylic acids is 2. The van der Waals surface area contributed by atoms with Gasteiger partial charge in [0.15, 0.2) is 6.29 Å². The van der Waals surface area contributed by atoms with E-state index in [2.05, 4.69) is 0 Å². The van der Waals surface area contributed by atoms with Crippen molar-refractivity contribution >= 4 is 11.8 Å². The predicted octanol–water partition coefficient (Wildman–Crippen LogP) is 0.984. The quantitative estimate of drug-likeness (QED) is 0.626. The molecule has 2 unspecified atom stereocenters. The summed E-state index contributed by atoms with van der Waals surface area (Å²) < 4.78 is 5.05. The number of benzene rings is 1. The van der Waals surface area contributed by atoms with Crippen molar-refractivity contribution in [1.29, 1.82) is 0 Å². The predicted molar refractivity (Wildman–Crippen MR) is 59.2 cm³/mol. The fraction of sp³-hybridized carbons (Fsp3) is 0.333. The molecule has 2 rings (SSSR count). The Kier molecular flexibility index (Phi) is 2.95. The molecule has 0 radical (unpaired) electrons. The van der Waals surface area contributed by atoms with E-state index < -0.39 is 24.3 Å². The second-order valence-corrected chi connectivity index (χ2v) is 3.86. The molecule has 17 heavy (non-hydrogen) atoms. The highest BCUT2D eigenvalue weighted by Crippen LogP contribution is 2.24. The summed E-state index contributed by atoms with van der Waals surface area (Å²) >= 11 is 0. The summed E-state index contributed by atoms with van der Waals surface area (Å²) in [4.78, 5) is 25.0. The van der Waals surface area contributed by atoms with Crippen LogP contribution in [0.2, 0.25) is 0 Å². The van der Waals surface area contributed by atoms with Crippen LogP contribution in [0.15, 0.2) is 24.3 Å². The normalized spacial score (nSPS) is 18.2. The van der Waals surface area contributed by atoms with Gasteiger partial charge in [-0.05, 0) is 26.0 Å². The zero-order chi connectivity index (χ0) is 12.6. The molecular formula is C12H13NO4. The number of hydrogen-bond donors (Lipinski definition) is 1. The number of nitrogens with zero attached hydrogens (tertiary/aromatic N) is 1. The van der Waals surface area contributed by atoms with E-state index in [1.807, 2.05) is 0 Å². The zero-order valence-electron chi connectivity index (χ0n) is 9.58. The van der Waals surface area contributed by atoms with Crippen LogP contribution < -0.4 is 0 Å². The van der Waals surface area contributed by atoms with Gasteiger partial charge in [0.25, 0.3) is 11.8 Å². The Morgan fingerprint density at radius 2 is 1.59 bits per heavy atom. The van der Waals surface area contributed by atoms with Crippen LogP contribution in [-0.2, 0) is 4.74 Å². The maximum Gasteiger partial charge on any atom is 0.263 e. The number of amides is 2. The van der Waals surface area contributed by atoms with Crippen molar-refractivity contribution in [2.24, 2.45) is 0 Å². The molecule has 0 fully saturated rings. The Morgan fingerprint density at radius 1 is 1.12 bits per heavy atom. The number of imide groups is 1. The lowest BCUT2D eigenvalue weighted by Crippen LogP contribution is -2.41. The van der Waals surface area contributed by atoms with Gasteiger partial charge in [0.1, 0.15) is 6.23 Å². The third-order valence-corrected chi connectivity index (χ3v) is 2.58. The first-order chi connectivity index (χ1) is 8.02. The van der Waals surface area contributed by atoms with Gasteiger partial charge in [-0.2, -0.15) is 0 Å². The Labute approximate surface area is 98.6 Å². The number of rotatable bonds is 3. The number of carbonyl (C=O) groups is 2. The fourth-order valence-corrected chi connectivity index (χ4v) is 1.88. The van der Waals surface area contributed by atoms with Gasteiger partial charge in [-0.3, -0.25) is 9.59 Å². The van der Waals surface area contributed by atoms with Gasteiger partial charge in [0.2, 0.25) is 0 Å². The topological polar surface area (TPSA) is 66.8 Å². The molecule has 1 N–H and O–H groups in total. The molecule has 0 spiro atoms. The standard InChI is InChI=1S/C12H13NO4/c1-7(17-8(2)14)13-11(15)9-5-3-4-6-10(9)12(13)16/h3-8,14H,1-2H3. The number of aliphatic hydroxyl groups is 1. The van der Waals surface area contributed by atoms with E-state index in [-0.39, 0.29) is 0 Å². The Balaban J connectivity index is 2.30. The lowest BCUT2D eigenvalue weighted by atomic mass is 10.1. The van der Waals surface area contributed by atoms with Crippen molar-refractivity contribution in [3.63, 3.8) is 0 Å². The number of fused-ring (bicyclic) bond motifs is 1. The molecular weight excluding hydrogens is 222 g/mol. The minimum atomic E-state index is -1.03. The summed E-state index contributed by atoms with van der Waals surface area (Å²) in [5, 5.41) is 9.10. The van der Waals surface area contributed by atoms with Crippen molar-refractivity contribution < 1.29 is 19.4 Å². The Hall–Kier alpha value is -1.72. The van der Waals surface area contributed by atoms with Crippen LogP contribution in [0.1, 0.15) is 34.6 Å². The average molecular weight is 235 g/mol. The minimum absolute atomic E-state index is 0.374. The van der Waals surface area contributed by atoms with Crippen LogP contribution in [-0.4, -0.2) is 34.3 Å². The average Bonchev–Trinajstić information content (AvgIpc) is 2.51. The lowest BCUT2D eigenvalue weighted by molar-refractivity contribution is -0.147. The number of hydrogen-bond acceptors (Lipinski definition) is 4. The van der Waals surface area contributed by atoms with Gasteiger partial charge >= 0.3 is 0 Å². The summed E-state index contributed by atoms with van der Waals surface area (Å²) in [5.74, 6) is -0.780. The van der Waals surface area contributed by atoms with Gasteiger partial charge < -0.3 is 9.84 Å². The van der Waals surface area contributed by atoms with E-state index in [0.717, 1.165) is 4.90 Å². The largest absolute Gasteiger partial charge is 0.368 e. The van der Waals surface area contributed by atoms with Gasteiger partial charge in [-0.15, -0.1) is 0 Å². The van der Waals surface area contributed by atoms with Crippen LogP contribution in [0.5, 0.6) is 0 Å². The Morgan fingerprint density at radius 3 is 2.00 bits per heavy atom. The molecule has 90 valence electrons. The van der Waals surface area contributed by atoms with E-state index in [9.17, 15) is 9.59 Å². The third-order valence-electron chi connectivity index (χ3n) is 2.58. The van der Waals surface area contributed by atoms with Gasteiger partial charge in [0, 0.05) is 0 Å². The molecule has 0 saturated carbocycles. The first-order valence-corrected chi connectivity index (χ1v) is 5.33. The molecule has 0 saturated heterocycles. The maximum atomic E-state index is 12.0. The molecule has 0 aliphatic carbocycles. The molecule has 5 heteroatoms. The Bertz CT molecular complexity index is 434. The SMILES string of the molecule is CC(O)OC(C)N1C(=O)c2ccccc2C1=O. The minimum Gasteiger partial charge on any atom is -0.368 e. The molecule has 1 aromatic rings. The van der Waals surface area contributed by atoms with Crippen molar-refractivity contribution in [1.82, 2.24) is 4.90 Å². The van der Waals surface area contributed by atoms with Gasteiger partial charge in [-0.1, -0.05) is 12.1 Å². The smallest absolute Gasteiger partial charge is 0.263 e.